The summed E-state index contributed by atoms with van der Waals surface area (Å²) in [7, 11) is 2.24. The number of halogens is 1. The smallest absolute Gasteiger partial charge is 0.0465 e. The van der Waals surface area contributed by atoms with Crippen molar-refractivity contribution in [1.29, 1.82) is 0 Å². The van der Waals surface area contributed by atoms with E-state index in [2.05, 4.69) is 58.7 Å². The number of benzene rings is 1. The Morgan fingerprint density at radius 1 is 1.07 bits per heavy atom. The summed E-state index contributed by atoms with van der Waals surface area (Å²) >= 11 is 6.23. The molecule has 1 saturated heterocycles. The molecule has 0 amide bonds. The zero-order chi connectivity index (χ0) is 19.6. The maximum absolute atomic E-state index is 6.23. The summed E-state index contributed by atoms with van der Waals surface area (Å²) in [5, 5.41) is 0.836. The molecule has 3 fully saturated rings. The minimum Gasteiger partial charge on any atom is -0.304 e. The van der Waals surface area contributed by atoms with Crippen LogP contribution in [-0.2, 0) is 5.54 Å². The molecule has 1 heterocycles. The highest BCUT2D eigenvalue weighted by atomic mass is 35.5. The molecular weight excluding hydrogens is 366 g/mol. The third kappa shape index (κ3) is 4.48. The Hall–Kier alpha value is -0.870. The summed E-state index contributed by atoms with van der Waals surface area (Å²) in [6.45, 7) is 11.2. The summed E-state index contributed by atoms with van der Waals surface area (Å²) in [5.41, 5.74) is 1.60. The molecule has 3 nitrogen and oxygen atoms in total. The second kappa shape index (κ2) is 8.87. The number of rotatable bonds is 7. The van der Waals surface area contributed by atoms with Gasteiger partial charge in [-0.25, -0.2) is 0 Å². The van der Waals surface area contributed by atoms with Crippen LogP contribution in [0.4, 0.5) is 0 Å². The number of nitrogens with zero attached hydrogens (tertiary/aromatic N) is 3. The summed E-state index contributed by atoms with van der Waals surface area (Å²) in [4.78, 5) is 7.96. The van der Waals surface area contributed by atoms with Crippen LogP contribution in [0.3, 0.4) is 0 Å². The van der Waals surface area contributed by atoms with E-state index in [1.165, 1.54) is 76.8 Å². The number of piperazine rings is 1. The van der Waals surface area contributed by atoms with E-state index in [0.717, 1.165) is 23.5 Å². The van der Waals surface area contributed by atoms with Gasteiger partial charge in [0.05, 0.1) is 0 Å². The molecule has 2 aliphatic carbocycles. The zero-order valence-corrected chi connectivity index (χ0v) is 18.2. The average Bonchev–Trinajstić information content (AvgIpc) is 3.53. The third-order valence-corrected chi connectivity index (χ3v) is 7.60. The predicted molar refractivity (Wildman–Crippen MR) is 119 cm³/mol. The van der Waals surface area contributed by atoms with Gasteiger partial charge in [-0.15, -0.1) is 6.58 Å². The van der Waals surface area contributed by atoms with E-state index in [9.17, 15) is 0 Å². The normalized spacial score (nSPS) is 29.9. The Balaban J connectivity index is 1.54. The minimum atomic E-state index is 0.143. The lowest BCUT2D eigenvalue weighted by atomic mass is 9.73. The lowest BCUT2D eigenvalue weighted by molar-refractivity contribution is 0.00986. The van der Waals surface area contributed by atoms with Crippen molar-refractivity contribution in [1.82, 2.24) is 14.7 Å². The molecule has 0 aromatic heterocycles. The van der Waals surface area contributed by atoms with Crippen LogP contribution in [0, 0.1) is 5.92 Å². The zero-order valence-electron chi connectivity index (χ0n) is 17.5. The van der Waals surface area contributed by atoms with Gasteiger partial charge in [0.15, 0.2) is 0 Å². The van der Waals surface area contributed by atoms with Crippen LogP contribution in [0.15, 0.2) is 36.9 Å². The van der Waals surface area contributed by atoms with Crippen LogP contribution >= 0.6 is 11.6 Å². The molecule has 0 N–H and O–H groups in total. The van der Waals surface area contributed by atoms with Crippen LogP contribution < -0.4 is 0 Å². The third-order valence-electron chi connectivity index (χ3n) is 7.35. The standard InChI is InChI=1S/C24H36ClN3/c1-3-14-28(19-20-4-5-20)24(21-6-8-22(25)9-7-21)12-10-23(11-13-24)27-17-15-26(2)16-18-27/h3,6-9,20,23H,1,4-5,10-19H2,2H3. The molecule has 0 spiro atoms. The Bertz CT molecular complexity index is 638. The van der Waals surface area contributed by atoms with Gasteiger partial charge in [-0.3, -0.25) is 9.80 Å². The molecule has 28 heavy (non-hydrogen) atoms. The van der Waals surface area contributed by atoms with Gasteiger partial charge < -0.3 is 4.90 Å². The van der Waals surface area contributed by atoms with Crippen molar-refractivity contribution in [3.05, 3.63) is 47.5 Å². The first-order valence-corrected chi connectivity index (χ1v) is 11.5. The fourth-order valence-electron chi connectivity index (χ4n) is 5.37. The lowest BCUT2D eigenvalue weighted by Gasteiger charge is -2.51. The molecule has 4 heteroatoms. The molecule has 1 aliphatic heterocycles. The van der Waals surface area contributed by atoms with E-state index >= 15 is 0 Å². The van der Waals surface area contributed by atoms with E-state index in [0.29, 0.717) is 0 Å². The molecule has 0 radical (unpaired) electrons. The van der Waals surface area contributed by atoms with Crippen molar-refractivity contribution in [3.8, 4) is 0 Å². The highest BCUT2D eigenvalue weighted by Gasteiger charge is 2.44. The Morgan fingerprint density at radius 2 is 1.71 bits per heavy atom. The topological polar surface area (TPSA) is 9.72 Å². The van der Waals surface area contributed by atoms with Gasteiger partial charge in [0.1, 0.15) is 0 Å². The van der Waals surface area contributed by atoms with Gasteiger partial charge in [-0.2, -0.15) is 0 Å². The van der Waals surface area contributed by atoms with Crippen LogP contribution in [0.2, 0.25) is 5.02 Å². The first kappa shape index (κ1) is 20.4. The summed E-state index contributed by atoms with van der Waals surface area (Å²) in [6.07, 6.45) is 9.98. The Kier molecular flexibility index (Phi) is 6.46. The first-order valence-electron chi connectivity index (χ1n) is 11.2. The Labute approximate surface area is 176 Å². The largest absolute Gasteiger partial charge is 0.304 e. The molecule has 1 aromatic rings. The molecule has 3 aliphatic rings. The van der Waals surface area contributed by atoms with E-state index in [-0.39, 0.29) is 5.54 Å². The maximum Gasteiger partial charge on any atom is 0.0465 e. The van der Waals surface area contributed by atoms with Crippen molar-refractivity contribution < 1.29 is 0 Å². The molecule has 0 atom stereocenters. The van der Waals surface area contributed by atoms with Gasteiger partial charge in [0, 0.05) is 55.9 Å². The molecule has 1 aromatic carbocycles. The van der Waals surface area contributed by atoms with Gasteiger partial charge in [0.25, 0.3) is 0 Å². The SMILES string of the molecule is C=CCN(CC1CC1)C1(c2ccc(Cl)cc2)CCC(N2CCN(C)CC2)CC1. The average molecular weight is 402 g/mol. The van der Waals surface area contributed by atoms with Crippen molar-refractivity contribution in [2.24, 2.45) is 5.92 Å². The number of hydrogen-bond donors (Lipinski definition) is 0. The highest BCUT2D eigenvalue weighted by molar-refractivity contribution is 6.30. The summed E-state index contributed by atoms with van der Waals surface area (Å²) in [6, 6.07) is 9.46. The molecule has 0 unspecified atom stereocenters. The van der Waals surface area contributed by atoms with E-state index < -0.39 is 0 Å². The number of hydrogen-bond acceptors (Lipinski definition) is 3. The van der Waals surface area contributed by atoms with Gasteiger partial charge >= 0.3 is 0 Å². The summed E-state index contributed by atoms with van der Waals surface area (Å²) in [5.74, 6) is 0.888. The van der Waals surface area contributed by atoms with Gasteiger partial charge in [-0.1, -0.05) is 29.8 Å². The monoisotopic (exact) mass is 401 g/mol. The second-order valence-corrected chi connectivity index (χ2v) is 9.68. The van der Waals surface area contributed by atoms with Crippen LogP contribution in [0.5, 0.6) is 0 Å². The lowest BCUT2D eigenvalue weighted by Crippen LogP contribution is -2.54. The molecule has 4 rings (SSSR count). The van der Waals surface area contributed by atoms with E-state index in [1.807, 2.05) is 0 Å². The minimum absolute atomic E-state index is 0.143. The van der Waals surface area contributed by atoms with Crippen LogP contribution in [0.25, 0.3) is 0 Å². The number of likely N-dealkylation sites (N-methyl/N-ethyl adjacent to an activating group) is 1. The fourth-order valence-corrected chi connectivity index (χ4v) is 5.50. The first-order chi connectivity index (χ1) is 13.6. The molecular formula is C24H36ClN3. The molecule has 2 saturated carbocycles. The van der Waals surface area contributed by atoms with E-state index in [4.69, 9.17) is 11.6 Å². The quantitative estimate of drug-likeness (QED) is 0.617. The highest BCUT2D eigenvalue weighted by Crippen LogP contribution is 2.45. The van der Waals surface area contributed by atoms with Crippen LogP contribution in [0.1, 0.15) is 44.1 Å². The van der Waals surface area contributed by atoms with Crippen LogP contribution in [-0.4, -0.2) is 67.1 Å². The second-order valence-electron chi connectivity index (χ2n) is 9.25. The predicted octanol–water partition coefficient (Wildman–Crippen LogP) is 4.62. The maximum atomic E-state index is 6.23. The fraction of sp³-hybridized carbons (Fsp3) is 0.667. The molecule has 154 valence electrons. The van der Waals surface area contributed by atoms with Crippen molar-refractivity contribution in [2.45, 2.75) is 50.1 Å². The van der Waals surface area contributed by atoms with Gasteiger partial charge in [-0.05, 0) is 69.2 Å². The van der Waals surface area contributed by atoms with Crippen molar-refractivity contribution >= 4 is 11.6 Å². The van der Waals surface area contributed by atoms with Gasteiger partial charge in [0.2, 0.25) is 0 Å². The van der Waals surface area contributed by atoms with E-state index in [1.54, 1.807) is 0 Å². The van der Waals surface area contributed by atoms with Crippen molar-refractivity contribution in [2.75, 3.05) is 46.3 Å². The molecule has 0 bridgehead atoms. The van der Waals surface area contributed by atoms with Crippen molar-refractivity contribution in [3.63, 3.8) is 0 Å². The summed E-state index contributed by atoms with van der Waals surface area (Å²) < 4.78 is 0. The Morgan fingerprint density at radius 3 is 2.29 bits per heavy atom.